The quantitative estimate of drug-likeness (QED) is 0.793. The van der Waals surface area contributed by atoms with Gasteiger partial charge in [-0.15, -0.1) is 0 Å². The van der Waals surface area contributed by atoms with E-state index in [1.54, 1.807) is 12.4 Å². The minimum absolute atomic E-state index is 0.0324. The maximum atomic E-state index is 11.8. The number of nitrogens with two attached hydrogens (primary N) is 1. The van der Waals surface area contributed by atoms with E-state index < -0.39 is 5.54 Å². The lowest BCUT2D eigenvalue weighted by Gasteiger charge is -2.36. The Morgan fingerprint density at radius 3 is 2.94 bits per heavy atom. The lowest BCUT2D eigenvalue weighted by Crippen LogP contribution is -2.58. The summed E-state index contributed by atoms with van der Waals surface area (Å²) in [6, 6.07) is 1.92. The van der Waals surface area contributed by atoms with Gasteiger partial charge < -0.3 is 11.1 Å². The zero-order valence-corrected chi connectivity index (χ0v) is 9.49. The van der Waals surface area contributed by atoms with Crippen molar-refractivity contribution in [3.05, 3.63) is 29.6 Å². The van der Waals surface area contributed by atoms with E-state index in [1.165, 1.54) is 0 Å². The molecule has 1 aliphatic rings. The van der Waals surface area contributed by atoms with E-state index in [9.17, 15) is 4.79 Å². The molecule has 1 saturated carbocycles. The molecule has 1 aliphatic carbocycles. The number of rotatable bonds is 3. The van der Waals surface area contributed by atoms with Crippen molar-refractivity contribution in [3.63, 3.8) is 0 Å². The van der Waals surface area contributed by atoms with Crippen molar-refractivity contribution in [1.29, 1.82) is 0 Å². The van der Waals surface area contributed by atoms with Gasteiger partial charge in [0, 0.05) is 18.9 Å². The summed E-state index contributed by atoms with van der Waals surface area (Å²) < 4.78 is 0. The molecule has 1 aromatic heterocycles. The van der Waals surface area contributed by atoms with Crippen LogP contribution in [0.5, 0.6) is 0 Å². The molecule has 3 N–H and O–H groups in total. The van der Waals surface area contributed by atoms with Gasteiger partial charge in [-0.05, 0) is 43.4 Å². The lowest BCUT2D eigenvalue weighted by molar-refractivity contribution is -0.129. The van der Waals surface area contributed by atoms with Crippen LogP contribution in [0.25, 0.3) is 0 Å². The van der Waals surface area contributed by atoms with E-state index in [1.807, 2.05) is 13.0 Å². The summed E-state index contributed by atoms with van der Waals surface area (Å²) in [6.45, 7) is 2.52. The zero-order valence-electron chi connectivity index (χ0n) is 9.49. The molecule has 0 aromatic carbocycles. The number of hydrogen-bond donors (Lipinski definition) is 2. The number of aryl methyl sites for hydroxylation is 1. The molecule has 4 nitrogen and oxygen atoms in total. The molecule has 0 radical (unpaired) electrons. The van der Waals surface area contributed by atoms with Crippen LogP contribution in [-0.4, -0.2) is 16.4 Å². The first-order valence-corrected chi connectivity index (χ1v) is 5.58. The monoisotopic (exact) mass is 219 g/mol. The third kappa shape index (κ3) is 2.07. The molecule has 1 heterocycles. The molecule has 0 atom stereocenters. The van der Waals surface area contributed by atoms with Crippen molar-refractivity contribution in [1.82, 2.24) is 10.3 Å². The highest BCUT2D eigenvalue weighted by Crippen LogP contribution is 2.29. The van der Waals surface area contributed by atoms with Crippen LogP contribution in [0, 0.1) is 6.92 Å². The molecule has 16 heavy (non-hydrogen) atoms. The Labute approximate surface area is 95.3 Å². The number of hydrogen-bond acceptors (Lipinski definition) is 3. The first-order chi connectivity index (χ1) is 7.62. The zero-order chi connectivity index (χ0) is 11.6. The summed E-state index contributed by atoms with van der Waals surface area (Å²) in [6.07, 6.45) is 6.18. The number of aromatic nitrogens is 1. The lowest BCUT2D eigenvalue weighted by atomic mass is 9.77. The molecule has 0 aliphatic heterocycles. The van der Waals surface area contributed by atoms with Gasteiger partial charge in [-0.1, -0.05) is 0 Å². The van der Waals surface area contributed by atoms with Gasteiger partial charge in [-0.3, -0.25) is 9.78 Å². The third-order valence-corrected chi connectivity index (χ3v) is 3.27. The van der Waals surface area contributed by atoms with Gasteiger partial charge in [-0.25, -0.2) is 0 Å². The van der Waals surface area contributed by atoms with Crippen LogP contribution in [0.4, 0.5) is 0 Å². The molecule has 4 heteroatoms. The second kappa shape index (κ2) is 4.22. The van der Waals surface area contributed by atoms with Crippen LogP contribution in [0.3, 0.4) is 0 Å². The minimum Gasteiger partial charge on any atom is -0.350 e. The van der Waals surface area contributed by atoms with Gasteiger partial charge >= 0.3 is 0 Å². The summed E-state index contributed by atoms with van der Waals surface area (Å²) >= 11 is 0. The van der Waals surface area contributed by atoms with E-state index in [0.29, 0.717) is 6.54 Å². The Morgan fingerprint density at radius 1 is 1.62 bits per heavy atom. The normalized spacial score (nSPS) is 17.6. The van der Waals surface area contributed by atoms with Crippen molar-refractivity contribution in [2.24, 2.45) is 5.73 Å². The second-order valence-electron chi connectivity index (χ2n) is 4.49. The van der Waals surface area contributed by atoms with Crippen LogP contribution in [-0.2, 0) is 11.3 Å². The Balaban J connectivity index is 1.93. The van der Waals surface area contributed by atoms with Crippen LogP contribution in [0.1, 0.15) is 30.4 Å². The Kier molecular flexibility index (Phi) is 2.92. The smallest absolute Gasteiger partial charge is 0.240 e. The van der Waals surface area contributed by atoms with Crippen LogP contribution >= 0.6 is 0 Å². The molecular formula is C12H17N3O. The maximum Gasteiger partial charge on any atom is 0.240 e. The molecule has 1 fully saturated rings. The van der Waals surface area contributed by atoms with Gasteiger partial charge in [0.25, 0.3) is 0 Å². The molecule has 0 unspecified atom stereocenters. The standard InChI is InChI=1S/C12H17N3O/c1-9-7-14-6-3-10(9)8-15-11(16)12(13)4-2-5-12/h3,6-7H,2,4-5,8,13H2,1H3,(H,15,16). The predicted molar refractivity (Wildman–Crippen MR) is 61.6 cm³/mol. The van der Waals surface area contributed by atoms with Gasteiger partial charge in [0.05, 0.1) is 5.54 Å². The number of carbonyl (C=O) groups is 1. The fourth-order valence-corrected chi connectivity index (χ4v) is 1.84. The fourth-order valence-electron chi connectivity index (χ4n) is 1.84. The largest absolute Gasteiger partial charge is 0.350 e. The number of carbonyl (C=O) groups excluding carboxylic acids is 1. The van der Waals surface area contributed by atoms with Crippen molar-refractivity contribution >= 4 is 5.91 Å². The number of nitrogens with zero attached hydrogens (tertiary/aromatic N) is 1. The van der Waals surface area contributed by atoms with Crippen LogP contribution < -0.4 is 11.1 Å². The van der Waals surface area contributed by atoms with Crippen LogP contribution in [0.2, 0.25) is 0 Å². The number of pyridine rings is 1. The minimum atomic E-state index is -0.610. The van der Waals surface area contributed by atoms with E-state index in [0.717, 1.165) is 30.4 Å². The first kappa shape index (κ1) is 11.1. The van der Waals surface area contributed by atoms with Gasteiger partial charge in [0.15, 0.2) is 0 Å². The average Bonchev–Trinajstić information content (AvgIpc) is 2.24. The van der Waals surface area contributed by atoms with Gasteiger partial charge in [-0.2, -0.15) is 0 Å². The molecule has 1 amide bonds. The van der Waals surface area contributed by atoms with E-state index in [2.05, 4.69) is 10.3 Å². The van der Waals surface area contributed by atoms with Crippen LogP contribution in [0.15, 0.2) is 18.5 Å². The molecule has 86 valence electrons. The highest BCUT2D eigenvalue weighted by atomic mass is 16.2. The Bertz CT molecular complexity index is 399. The topological polar surface area (TPSA) is 68.0 Å². The van der Waals surface area contributed by atoms with Crippen molar-refractivity contribution in [2.45, 2.75) is 38.3 Å². The number of amides is 1. The van der Waals surface area contributed by atoms with Gasteiger partial charge in [0.1, 0.15) is 0 Å². The molecule has 1 aromatic rings. The SMILES string of the molecule is Cc1cnccc1CNC(=O)C1(N)CCC1. The summed E-state index contributed by atoms with van der Waals surface area (Å²) in [4.78, 5) is 15.8. The summed E-state index contributed by atoms with van der Waals surface area (Å²) in [5.74, 6) is -0.0324. The van der Waals surface area contributed by atoms with Gasteiger partial charge in [0.2, 0.25) is 5.91 Å². The van der Waals surface area contributed by atoms with E-state index in [4.69, 9.17) is 5.73 Å². The molecule has 0 bridgehead atoms. The summed E-state index contributed by atoms with van der Waals surface area (Å²) in [5, 5.41) is 2.89. The maximum absolute atomic E-state index is 11.8. The van der Waals surface area contributed by atoms with E-state index in [-0.39, 0.29) is 5.91 Å². The Morgan fingerprint density at radius 2 is 2.38 bits per heavy atom. The van der Waals surface area contributed by atoms with Crippen molar-refractivity contribution < 1.29 is 4.79 Å². The fraction of sp³-hybridized carbons (Fsp3) is 0.500. The molecule has 2 rings (SSSR count). The highest BCUT2D eigenvalue weighted by Gasteiger charge is 2.39. The Hall–Kier alpha value is -1.42. The molecule has 0 saturated heterocycles. The summed E-state index contributed by atoms with van der Waals surface area (Å²) in [5.41, 5.74) is 7.49. The van der Waals surface area contributed by atoms with Crippen molar-refractivity contribution in [3.8, 4) is 0 Å². The summed E-state index contributed by atoms with van der Waals surface area (Å²) in [7, 11) is 0. The number of nitrogens with one attached hydrogen (secondary N) is 1. The second-order valence-corrected chi connectivity index (χ2v) is 4.49. The average molecular weight is 219 g/mol. The highest BCUT2D eigenvalue weighted by molar-refractivity contribution is 5.86. The predicted octanol–water partition coefficient (Wildman–Crippen LogP) is 0.888. The van der Waals surface area contributed by atoms with Crippen molar-refractivity contribution in [2.75, 3.05) is 0 Å². The first-order valence-electron chi connectivity index (χ1n) is 5.58. The molecular weight excluding hydrogens is 202 g/mol. The third-order valence-electron chi connectivity index (χ3n) is 3.27. The molecule has 0 spiro atoms. The van der Waals surface area contributed by atoms with E-state index >= 15 is 0 Å².